The maximum Gasteiger partial charge on any atom is 0.410 e. The SMILES string of the molecule is CC(C)(C)OC(=O)N1CCc2cccc(-c3cccc4c3CN(C3CCC(=O)NC3=O)C4=O)c2C1. The predicted octanol–water partition coefficient (Wildman–Crippen LogP) is 3.41. The van der Waals surface area contributed by atoms with Crippen molar-refractivity contribution in [3.8, 4) is 11.1 Å². The first-order chi connectivity index (χ1) is 16.6. The molecule has 0 bridgehead atoms. The topological polar surface area (TPSA) is 96.0 Å². The molecule has 0 spiro atoms. The van der Waals surface area contributed by atoms with E-state index in [0.29, 0.717) is 31.6 Å². The molecule has 3 aliphatic heterocycles. The predicted molar refractivity (Wildman–Crippen MR) is 128 cm³/mol. The Morgan fingerprint density at radius 2 is 1.63 bits per heavy atom. The van der Waals surface area contributed by atoms with Crippen LogP contribution in [-0.2, 0) is 33.8 Å². The van der Waals surface area contributed by atoms with Crippen LogP contribution in [0.4, 0.5) is 4.79 Å². The van der Waals surface area contributed by atoms with Crippen molar-refractivity contribution < 1.29 is 23.9 Å². The van der Waals surface area contributed by atoms with Crippen LogP contribution in [0, 0.1) is 0 Å². The van der Waals surface area contributed by atoms with Gasteiger partial charge in [-0.15, -0.1) is 0 Å². The van der Waals surface area contributed by atoms with Crippen LogP contribution >= 0.6 is 0 Å². The van der Waals surface area contributed by atoms with Crippen LogP contribution < -0.4 is 5.32 Å². The molecule has 3 heterocycles. The van der Waals surface area contributed by atoms with Crippen molar-refractivity contribution in [2.24, 2.45) is 0 Å². The van der Waals surface area contributed by atoms with Gasteiger partial charge in [0.15, 0.2) is 0 Å². The van der Waals surface area contributed by atoms with E-state index in [1.807, 2.05) is 45.0 Å². The van der Waals surface area contributed by atoms with Crippen molar-refractivity contribution in [1.82, 2.24) is 15.1 Å². The Morgan fingerprint density at radius 3 is 2.34 bits per heavy atom. The van der Waals surface area contributed by atoms with Gasteiger partial charge in [-0.2, -0.15) is 0 Å². The largest absolute Gasteiger partial charge is 0.444 e. The summed E-state index contributed by atoms with van der Waals surface area (Å²) in [4.78, 5) is 53.4. The van der Waals surface area contributed by atoms with Crippen LogP contribution in [0.5, 0.6) is 0 Å². The zero-order chi connectivity index (χ0) is 24.9. The number of imide groups is 1. The highest BCUT2D eigenvalue weighted by atomic mass is 16.6. The minimum absolute atomic E-state index is 0.198. The van der Waals surface area contributed by atoms with E-state index in [0.717, 1.165) is 28.7 Å². The number of piperidine rings is 1. The lowest BCUT2D eigenvalue weighted by molar-refractivity contribution is -0.136. The summed E-state index contributed by atoms with van der Waals surface area (Å²) in [5.74, 6) is -0.924. The third-order valence-electron chi connectivity index (χ3n) is 6.80. The molecule has 4 amide bonds. The van der Waals surface area contributed by atoms with E-state index in [1.165, 1.54) is 5.56 Å². The number of hydrogen-bond acceptors (Lipinski definition) is 5. The quantitative estimate of drug-likeness (QED) is 0.672. The molecule has 2 aromatic carbocycles. The van der Waals surface area contributed by atoms with E-state index < -0.39 is 17.6 Å². The highest BCUT2D eigenvalue weighted by molar-refractivity contribution is 6.06. The van der Waals surface area contributed by atoms with Gasteiger partial charge >= 0.3 is 6.09 Å². The van der Waals surface area contributed by atoms with Gasteiger partial charge in [0.2, 0.25) is 11.8 Å². The Morgan fingerprint density at radius 1 is 0.943 bits per heavy atom. The lowest BCUT2D eigenvalue weighted by Gasteiger charge is -2.32. The lowest BCUT2D eigenvalue weighted by atomic mass is 9.88. The Labute approximate surface area is 204 Å². The molecule has 0 aromatic heterocycles. The average Bonchev–Trinajstić information content (AvgIpc) is 3.13. The number of amides is 4. The normalized spacial score (nSPS) is 19.9. The number of hydrogen-bond donors (Lipinski definition) is 1. The van der Waals surface area contributed by atoms with Gasteiger partial charge in [0.05, 0.1) is 0 Å². The van der Waals surface area contributed by atoms with E-state index in [9.17, 15) is 19.2 Å². The van der Waals surface area contributed by atoms with Crippen molar-refractivity contribution in [3.63, 3.8) is 0 Å². The monoisotopic (exact) mass is 475 g/mol. The van der Waals surface area contributed by atoms with Crippen LogP contribution in [0.3, 0.4) is 0 Å². The highest BCUT2D eigenvalue weighted by Crippen LogP contribution is 2.38. The number of carbonyl (C=O) groups is 4. The van der Waals surface area contributed by atoms with E-state index in [1.54, 1.807) is 15.9 Å². The summed E-state index contributed by atoms with van der Waals surface area (Å²) in [6.45, 7) is 6.87. The Hall–Kier alpha value is -3.68. The lowest BCUT2D eigenvalue weighted by Crippen LogP contribution is -2.52. The minimum Gasteiger partial charge on any atom is -0.444 e. The van der Waals surface area contributed by atoms with Gasteiger partial charge in [-0.05, 0) is 67.5 Å². The number of ether oxygens (including phenoxy) is 1. The van der Waals surface area contributed by atoms with Crippen LogP contribution in [0.15, 0.2) is 36.4 Å². The second-order valence-corrected chi connectivity index (χ2v) is 10.3. The number of benzene rings is 2. The molecular formula is C27H29N3O5. The van der Waals surface area contributed by atoms with Gasteiger partial charge in [0.25, 0.3) is 5.91 Å². The molecule has 0 aliphatic carbocycles. The molecule has 182 valence electrons. The van der Waals surface area contributed by atoms with Crippen LogP contribution in [0.25, 0.3) is 11.1 Å². The summed E-state index contributed by atoms with van der Waals surface area (Å²) < 4.78 is 5.60. The van der Waals surface area contributed by atoms with E-state index >= 15 is 0 Å². The first-order valence-corrected chi connectivity index (χ1v) is 12.0. The maximum atomic E-state index is 13.3. The third-order valence-corrected chi connectivity index (χ3v) is 6.80. The van der Waals surface area contributed by atoms with Crippen molar-refractivity contribution in [2.75, 3.05) is 6.54 Å². The van der Waals surface area contributed by atoms with Gasteiger partial charge in [-0.3, -0.25) is 19.7 Å². The summed E-state index contributed by atoms with van der Waals surface area (Å²) >= 11 is 0. The first kappa shape index (κ1) is 23.1. The summed E-state index contributed by atoms with van der Waals surface area (Å²) in [7, 11) is 0. The van der Waals surface area contributed by atoms with Crippen molar-refractivity contribution in [2.45, 2.75) is 64.8 Å². The molecule has 1 unspecified atom stereocenters. The first-order valence-electron chi connectivity index (χ1n) is 12.0. The van der Waals surface area contributed by atoms with Crippen LogP contribution in [-0.4, -0.2) is 51.8 Å². The minimum atomic E-state index is -0.659. The number of nitrogens with one attached hydrogen (secondary N) is 1. The van der Waals surface area contributed by atoms with Crippen molar-refractivity contribution in [3.05, 3.63) is 58.7 Å². The van der Waals surface area contributed by atoms with Gasteiger partial charge in [-0.25, -0.2) is 4.79 Å². The fraction of sp³-hybridized carbons (Fsp3) is 0.407. The second kappa shape index (κ2) is 8.52. The molecule has 5 rings (SSSR count). The number of carbonyl (C=O) groups excluding carboxylic acids is 4. The molecule has 0 radical (unpaired) electrons. The van der Waals surface area contributed by atoms with Gasteiger partial charge < -0.3 is 14.5 Å². The third kappa shape index (κ3) is 4.29. The van der Waals surface area contributed by atoms with Gasteiger partial charge in [-0.1, -0.05) is 30.3 Å². The van der Waals surface area contributed by atoms with Crippen LogP contribution in [0.1, 0.15) is 60.7 Å². The van der Waals surface area contributed by atoms with Gasteiger partial charge in [0, 0.05) is 31.6 Å². The molecule has 35 heavy (non-hydrogen) atoms. The Kier molecular flexibility index (Phi) is 5.62. The highest BCUT2D eigenvalue weighted by Gasteiger charge is 2.40. The fourth-order valence-corrected chi connectivity index (χ4v) is 5.15. The van der Waals surface area contributed by atoms with E-state index in [-0.39, 0.29) is 24.3 Å². The smallest absolute Gasteiger partial charge is 0.410 e. The summed E-state index contributed by atoms with van der Waals surface area (Å²) in [6.07, 6.45) is 0.927. The fourth-order valence-electron chi connectivity index (χ4n) is 5.15. The van der Waals surface area contributed by atoms with Crippen LogP contribution in [0.2, 0.25) is 0 Å². The zero-order valence-corrected chi connectivity index (χ0v) is 20.2. The summed E-state index contributed by atoms with van der Waals surface area (Å²) in [5, 5.41) is 2.35. The molecule has 1 atom stereocenters. The molecular weight excluding hydrogens is 446 g/mol. The Balaban J connectivity index is 1.48. The average molecular weight is 476 g/mol. The number of nitrogens with zero attached hydrogens (tertiary/aromatic N) is 2. The number of fused-ring (bicyclic) bond motifs is 2. The van der Waals surface area contributed by atoms with Crippen molar-refractivity contribution >= 4 is 23.8 Å². The summed E-state index contributed by atoms with van der Waals surface area (Å²) in [6, 6.07) is 11.1. The standard InChI is InChI=1S/C27H29N3O5/c1-27(2,3)35-26(34)29-13-12-16-6-4-7-17(20(16)14-29)18-8-5-9-19-21(18)15-30(25(19)33)22-10-11-23(31)28-24(22)32/h4-9,22H,10-15H2,1-3H3,(H,28,31,32). The molecule has 1 saturated heterocycles. The second-order valence-electron chi connectivity index (χ2n) is 10.3. The molecule has 1 N–H and O–H groups in total. The maximum absolute atomic E-state index is 13.3. The molecule has 2 aromatic rings. The summed E-state index contributed by atoms with van der Waals surface area (Å²) in [5.41, 5.74) is 4.99. The Bertz CT molecular complexity index is 1250. The van der Waals surface area contributed by atoms with E-state index in [4.69, 9.17) is 4.74 Å². The molecule has 3 aliphatic rings. The molecule has 1 fully saturated rings. The van der Waals surface area contributed by atoms with E-state index in [2.05, 4.69) is 11.4 Å². The molecule has 0 saturated carbocycles. The van der Waals surface area contributed by atoms with Gasteiger partial charge in [0.1, 0.15) is 11.6 Å². The number of rotatable bonds is 2. The zero-order valence-electron chi connectivity index (χ0n) is 20.2. The molecule has 8 nitrogen and oxygen atoms in total. The van der Waals surface area contributed by atoms with Crippen molar-refractivity contribution in [1.29, 1.82) is 0 Å². The molecule has 8 heteroatoms.